The van der Waals surface area contributed by atoms with Crippen LogP contribution in [-0.4, -0.2) is 28.9 Å². The van der Waals surface area contributed by atoms with Crippen LogP contribution in [0.5, 0.6) is 0 Å². The minimum atomic E-state index is -0.0718. The van der Waals surface area contributed by atoms with Crippen molar-refractivity contribution in [1.82, 2.24) is 9.88 Å². The van der Waals surface area contributed by atoms with Crippen molar-refractivity contribution in [2.24, 2.45) is 5.92 Å². The Morgan fingerprint density at radius 2 is 2.43 bits per heavy atom. The number of hydrogen-bond donors (Lipinski definition) is 1. The molecule has 1 aliphatic rings. The third-order valence-electron chi connectivity index (χ3n) is 3.64. The Morgan fingerprint density at radius 1 is 1.52 bits per heavy atom. The summed E-state index contributed by atoms with van der Waals surface area (Å²) in [5, 5.41) is 7.51. The zero-order valence-electron chi connectivity index (χ0n) is 12.0. The number of thiazole rings is 1. The largest absolute Gasteiger partial charge is 0.297 e. The van der Waals surface area contributed by atoms with Gasteiger partial charge in [-0.25, -0.2) is 4.98 Å². The Hall–Kier alpha value is -1.24. The molecule has 0 aromatic carbocycles. The molecule has 0 radical (unpaired) electrons. The summed E-state index contributed by atoms with van der Waals surface area (Å²) in [5.41, 5.74) is 1.05. The van der Waals surface area contributed by atoms with Gasteiger partial charge in [-0.3, -0.25) is 15.0 Å². The molecule has 3 rings (SSSR count). The average Bonchev–Trinajstić information content (AvgIpc) is 3.10. The van der Waals surface area contributed by atoms with Crippen molar-refractivity contribution in [3.63, 3.8) is 0 Å². The lowest BCUT2D eigenvalue weighted by atomic mass is 10.0. The molecule has 1 fully saturated rings. The van der Waals surface area contributed by atoms with E-state index in [-0.39, 0.29) is 5.91 Å². The Kier molecular flexibility index (Phi) is 4.67. The molecule has 1 aliphatic heterocycles. The Balaban J connectivity index is 1.57. The van der Waals surface area contributed by atoms with Crippen LogP contribution >= 0.6 is 22.7 Å². The number of hydrogen-bond acceptors (Lipinski definition) is 5. The zero-order chi connectivity index (χ0) is 14.7. The van der Waals surface area contributed by atoms with Crippen molar-refractivity contribution in [3.8, 4) is 0 Å². The predicted octanol–water partition coefficient (Wildman–Crippen LogP) is 3.69. The van der Waals surface area contributed by atoms with Crippen LogP contribution in [0.2, 0.25) is 0 Å². The number of anilines is 1. The maximum atomic E-state index is 12.0. The molecule has 0 aliphatic carbocycles. The SMILES string of the molecule is CC1CCCN(Cc2csc(NC(=O)c3cccs3)n2)C1. The van der Waals surface area contributed by atoms with Crippen LogP contribution in [0, 0.1) is 5.92 Å². The van der Waals surface area contributed by atoms with E-state index in [0.717, 1.165) is 36.1 Å². The van der Waals surface area contributed by atoms with Gasteiger partial charge in [0.1, 0.15) is 0 Å². The van der Waals surface area contributed by atoms with Gasteiger partial charge in [-0.2, -0.15) is 0 Å². The van der Waals surface area contributed by atoms with Crippen LogP contribution in [0.3, 0.4) is 0 Å². The lowest BCUT2D eigenvalue weighted by Gasteiger charge is -2.30. The topological polar surface area (TPSA) is 45.2 Å². The van der Waals surface area contributed by atoms with Crippen LogP contribution in [0.1, 0.15) is 35.1 Å². The number of nitrogens with one attached hydrogen (secondary N) is 1. The molecular weight excluding hydrogens is 302 g/mol. The quantitative estimate of drug-likeness (QED) is 0.934. The van der Waals surface area contributed by atoms with Gasteiger partial charge in [-0.05, 0) is 36.8 Å². The van der Waals surface area contributed by atoms with Crippen molar-refractivity contribution in [2.45, 2.75) is 26.3 Å². The summed E-state index contributed by atoms with van der Waals surface area (Å²) < 4.78 is 0. The van der Waals surface area contributed by atoms with E-state index in [4.69, 9.17) is 0 Å². The van der Waals surface area contributed by atoms with E-state index in [1.54, 1.807) is 0 Å². The summed E-state index contributed by atoms with van der Waals surface area (Å²) in [4.78, 5) is 19.7. The molecule has 112 valence electrons. The van der Waals surface area contributed by atoms with Gasteiger partial charge >= 0.3 is 0 Å². The van der Waals surface area contributed by atoms with Crippen molar-refractivity contribution < 1.29 is 4.79 Å². The summed E-state index contributed by atoms with van der Waals surface area (Å²) in [5.74, 6) is 0.702. The highest BCUT2D eigenvalue weighted by Gasteiger charge is 2.17. The third-order valence-corrected chi connectivity index (χ3v) is 5.32. The van der Waals surface area contributed by atoms with E-state index in [1.165, 1.54) is 35.5 Å². The summed E-state index contributed by atoms with van der Waals surface area (Å²) in [6, 6.07) is 3.70. The predicted molar refractivity (Wildman–Crippen MR) is 88.1 cm³/mol. The van der Waals surface area contributed by atoms with Crippen molar-refractivity contribution in [1.29, 1.82) is 0 Å². The molecule has 1 amide bonds. The molecular formula is C15H19N3OS2. The van der Waals surface area contributed by atoms with E-state index in [0.29, 0.717) is 5.13 Å². The second-order valence-corrected chi connectivity index (χ2v) is 7.36. The highest BCUT2D eigenvalue weighted by molar-refractivity contribution is 7.14. The highest BCUT2D eigenvalue weighted by atomic mass is 32.1. The molecule has 6 heteroatoms. The van der Waals surface area contributed by atoms with E-state index in [9.17, 15) is 4.79 Å². The van der Waals surface area contributed by atoms with E-state index < -0.39 is 0 Å². The van der Waals surface area contributed by atoms with Crippen molar-refractivity contribution in [2.75, 3.05) is 18.4 Å². The Bertz CT molecular complexity index is 594. The number of aromatic nitrogens is 1. The number of amides is 1. The number of rotatable bonds is 4. The van der Waals surface area contributed by atoms with Crippen molar-refractivity contribution in [3.05, 3.63) is 33.5 Å². The maximum Gasteiger partial charge on any atom is 0.267 e. The molecule has 0 bridgehead atoms. The monoisotopic (exact) mass is 321 g/mol. The highest BCUT2D eigenvalue weighted by Crippen LogP contribution is 2.21. The van der Waals surface area contributed by atoms with Gasteiger partial charge < -0.3 is 0 Å². The maximum absolute atomic E-state index is 12.0. The molecule has 21 heavy (non-hydrogen) atoms. The number of nitrogens with zero attached hydrogens (tertiary/aromatic N) is 2. The second-order valence-electron chi connectivity index (χ2n) is 5.56. The van der Waals surface area contributed by atoms with Crippen LogP contribution in [0.25, 0.3) is 0 Å². The van der Waals surface area contributed by atoms with Crippen LogP contribution in [0.4, 0.5) is 5.13 Å². The minimum absolute atomic E-state index is 0.0718. The van der Waals surface area contributed by atoms with E-state index in [2.05, 4.69) is 22.1 Å². The summed E-state index contributed by atoms with van der Waals surface area (Å²) >= 11 is 2.94. The lowest BCUT2D eigenvalue weighted by Crippen LogP contribution is -2.33. The van der Waals surface area contributed by atoms with Crippen LogP contribution in [-0.2, 0) is 6.54 Å². The van der Waals surface area contributed by atoms with Gasteiger partial charge in [-0.15, -0.1) is 22.7 Å². The van der Waals surface area contributed by atoms with Gasteiger partial charge in [-0.1, -0.05) is 13.0 Å². The molecule has 1 N–H and O–H groups in total. The molecule has 2 aromatic heterocycles. The van der Waals surface area contributed by atoms with E-state index in [1.807, 2.05) is 22.9 Å². The van der Waals surface area contributed by atoms with Gasteiger partial charge in [0, 0.05) is 18.5 Å². The Labute approximate surface area is 132 Å². The number of carbonyl (C=O) groups excluding carboxylic acids is 1. The molecule has 0 saturated carbocycles. The standard InChI is InChI=1S/C15H19N3OS2/c1-11-4-2-6-18(8-11)9-12-10-21-15(16-12)17-14(19)13-5-3-7-20-13/h3,5,7,10-11H,2,4,6,8-9H2,1H3,(H,16,17,19). The van der Waals surface area contributed by atoms with Crippen LogP contribution in [0.15, 0.2) is 22.9 Å². The fourth-order valence-electron chi connectivity index (χ4n) is 2.66. The fourth-order valence-corrected chi connectivity index (χ4v) is 3.98. The van der Waals surface area contributed by atoms with Gasteiger partial charge in [0.05, 0.1) is 10.6 Å². The molecule has 4 nitrogen and oxygen atoms in total. The smallest absolute Gasteiger partial charge is 0.267 e. The van der Waals surface area contributed by atoms with Crippen molar-refractivity contribution >= 4 is 33.7 Å². The zero-order valence-corrected chi connectivity index (χ0v) is 13.7. The van der Waals surface area contributed by atoms with Gasteiger partial charge in [0.2, 0.25) is 0 Å². The first-order valence-electron chi connectivity index (χ1n) is 7.22. The average molecular weight is 321 g/mol. The molecule has 0 spiro atoms. The summed E-state index contributed by atoms with van der Waals surface area (Å²) in [6.45, 7) is 5.49. The van der Waals surface area contributed by atoms with Gasteiger partial charge in [0.15, 0.2) is 5.13 Å². The number of piperidine rings is 1. The molecule has 1 saturated heterocycles. The van der Waals surface area contributed by atoms with Crippen LogP contribution < -0.4 is 5.32 Å². The summed E-state index contributed by atoms with van der Waals surface area (Å²) in [6.07, 6.45) is 2.60. The summed E-state index contributed by atoms with van der Waals surface area (Å²) in [7, 11) is 0. The van der Waals surface area contributed by atoms with Gasteiger partial charge in [0.25, 0.3) is 5.91 Å². The van der Waals surface area contributed by atoms with E-state index >= 15 is 0 Å². The molecule has 3 heterocycles. The first-order valence-corrected chi connectivity index (χ1v) is 8.98. The fraction of sp³-hybridized carbons (Fsp3) is 0.467. The third kappa shape index (κ3) is 3.90. The number of carbonyl (C=O) groups is 1. The molecule has 2 aromatic rings. The first kappa shape index (κ1) is 14.7. The molecule has 1 unspecified atom stereocenters. The second kappa shape index (κ2) is 6.68. The Morgan fingerprint density at radius 3 is 3.19 bits per heavy atom. The first-order chi connectivity index (χ1) is 10.2. The minimum Gasteiger partial charge on any atom is -0.297 e. The lowest BCUT2D eigenvalue weighted by molar-refractivity contribution is 0.103. The number of thiophene rings is 1. The number of likely N-dealkylation sites (tertiary alicyclic amines) is 1. The molecule has 1 atom stereocenters. The normalized spacial score (nSPS) is 19.6.